The summed E-state index contributed by atoms with van der Waals surface area (Å²) in [5.41, 5.74) is 5.47. The van der Waals surface area contributed by atoms with E-state index in [4.69, 9.17) is 15.6 Å². The van der Waals surface area contributed by atoms with Gasteiger partial charge in [-0.15, -0.1) is 0 Å². The standard InChI is InChI=1S/C10H20N2O3/c1-7(2)12-3-4-15-8(6-12)5-9(11)10(13)14/h7-9H,3-6,11H2,1-2H3,(H,13,14)/t8?,9-/m1/s1. The number of hydrogen-bond acceptors (Lipinski definition) is 4. The van der Waals surface area contributed by atoms with Gasteiger partial charge in [0.2, 0.25) is 0 Å². The van der Waals surface area contributed by atoms with Gasteiger partial charge >= 0.3 is 5.97 Å². The minimum Gasteiger partial charge on any atom is -0.480 e. The molecule has 1 rings (SSSR count). The second-order valence-corrected chi connectivity index (χ2v) is 4.26. The lowest BCUT2D eigenvalue weighted by atomic mass is 10.1. The molecule has 0 aromatic rings. The van der Waals surface area contributed by atoms with Crippen LogP contribution in [0.2, 0.25) is 0 Å². The molecule has 1 aliphatic rings. The second-order valence-electron chi connectivity index (χ2n) is 4.26. The number of ether oxygens (including phenoxy) is 1. The van der Waals surface area contributed by atoms with Crippen molar-refractivity contribution in [3.63, 3.8) is 0 Å². The van der Waals surface area contributed by atoms with Gasteiger partial charge in [0.15, 0.2) is 0 Å². The van der Waals surface area contributed by atoms with Crippen LogP contribution in [0.1, 0.15) is 20.3 Å². The number of aliphatic carboxylic acids is 1. The number of hydrogen-bond donors (Lipinski definition) is 2. The molecule has 5 nitrogen and oxygen atoms in total. The highest BCUT2D eigenvalue weighted by Gasteiger charge is 2.25. The summed E-state index contributed by atoms with van der Waals surface area (Å²) in [7, 11) is 0. The molecule has 1 saturated heterocycles. The van der Waals surface area contributed by atoms with Crippen LogP contribution in [0.3, 0.4) is 0 Å². The molecule has 0 bridgehead atoms. The van der Waals surface area contributed by atoms with Gasteiger partial charge in [-0.1, -0.05) is 0 Å². The van der Waals surface area contributed by atoms with Crippen molar-refractivity contribution in [1.29, 1.82) is 0 Å². The van der Waals surface area contributed by atoms with Crippen LogP contribution in [0.4, 0.5) is 0 Å². The van der Waals surface area contributed by atoms with E-state index in [1.54, 1.807) is 0 Å². The number of rotatable bonds is 4. The Morgan fingerprint density at radius 1 is 1.67 bits per heavy atom. The van der Waals surface area contributed by atoms with Crippen molar-refractivity contribution in [2.24, 2.45) is 5.73 Å². The molecule has 2 atom stereocenters. The summed E-state index contributed by atoms with van der Waals surface area (Å²) < 4.78 is 5.49. The van der Waals surface area contributed by atoms with E-state index in [2.05, 4.69) is 18.7 Å². The largest absolute Gasteiger partial charge is 0.480 e. The molecule has 3 N–H and O–H groups in total. The minimum absolute atomic E-state index is 0.0488. The van der Waals surface area contributed by atoms with Crippen LogP contribution in [0.5, 0.6) is 0 Å². The van der Waals surface area contributed by atoms with E-state index in [0.29, 0.717) is 19.1 Å². The molecular weight excluding hydrogens is 196 g/mol. The summed E-state index contributed by atoms with van der Waals surface area (Å²) >= 11 is 0. The van der Waals surface area contributed by atoms with E-state index >= 15 is 0 Å². The summed E-state index contributed by atoms with van der Waals surface area (Å²) in [6.07, 6.45) is 0.339. The van der Waals surface area contributed by atoms with Gasteiger partial charge < -0.3 is 15.6 Å². The fourth-order valence-corrected chi connectivity index (χ4v) is 1.74. The summed E-state index contributed by atoms with van der Waals surface area (Å²) in [6.45, 7) is 6.60. The first-order chi connectivity index (χ1) is 7.00. The highest BCUT2D eigenvalue weighted by atomic mass is 16.5. The maximum atomic E-state index is 10.6. The third-order valence-electron chi connectivity index (χ3n) is 2.73. The predicted molar refractivity (Wildman–Crippen MR) is 56.7 cm³/mol. The van der Waals surface area contributed by atoms with Crippen LogP contribution in [0, 0.1) is 0 Å². The Bertz CT molecular complexity index is 221. The molecule has 1 heterocycles. The maximum absolute atomic E-state index is 10.6. The van der Waals surface area contributed by atoms with E-state index in [1.807, 2.05) is 0 Å². The number of carboxylic acids is 1. The van der Waals surface area contributed by atoms with Crippen LogP contribution < -0.4 is 5.73 Å². The average molecular weight is 216 g/mol. The summed E-state index contributed by atoms with van der Waals surface area (Å²) in [4.78, 5) is 12.9. The number of nitrogens with two attached hydrogens (primary N) is 1. The Hall–Kier alpha value is -0.650. The molecule has 1 aliphatic heterocycles. The van der Waals surface area contributed by atoms with Gasteiger partial charge in [0.1, 0.15) is 6.04 Å². The average Bonchev–Trinajstić information content (AvgIpc) is 2.18. The Kier molecular flexibility index (Phi) is 4.50. The summed E-state index contributed by atoms with van der Waals surface area (Å²) in [6, 6.07) is -0.348. The SMILES string of the molecule is CC(C)N1CCOC(C[C@@H](N)C(=O)O)C1. The van der Waals surface area contributed by atoms with Crippen molar-refractivity contribution in [1.82, 2.24) is 4.90 Å². The molecule has 0 radical (unpaired) electrons. The molecular formula is C10H20N2O3. The Balaban J connectivity index is 2.39. The van der Waals surface area contributed by atoms with Crippen molar-refractivity contribution in [3.8, 4) is 0 Å². The van der Waals surface area contributed by atoms with Crippen molar-refractivity contribution in [3.05, 3.63) is 0 Å². The van der Waals surface area contributed by atoms with Crippen LogP contribution in [0.15, 0.2) is 0 Å². The fourth-order valence-electron chi connectivity index (χ4n) is 1.74. The van der Waals surface area contributed by atoms with E-state index in [9.17, 15) is 4.79 Å². The van der Waals surface area contributed by atoms with Crippen LogP contribution in [0.25, 0.3) is 0 Å². The molecule has 5 heteroatoms. The highest BCUT2D eigenvalue weighted by molar-refractivity contribution is 5.73. The van der Waals surface area contributed by atoms with Crippen LogP contribution in [-0.2, 0) is 9.53 Å². The van der Waals surface area contributed by atoms with E-state index in [1.165, 1.54) is 0 Å². The fraction of sp³-hybridized carbons (Fsp3) is 0.900. The maximum Gasteiger partial charge on any atom is 0.320 e. The number of carbonyl (C=O) groups is 1. The second kappa shape index (κ2) is 5.44. The van der Waals surface area contributed by atoms with E-state index < -0.39 is 12.0 Å². The molecule has 0 aromatic heterocycles. The molecule has 0 spiro atoms. The first-order valence-electron chi connectivity index (χ1n) is 5.34. The first-order valence-corrected chi connectivity index (χ1v) is 5.34. The van der Waals surface area contributed by atoms with Crippen LogP contribution >= 0.6 is 0 Å². The molecule has 0 aliphatic carbocycles. The molecule has 1 fully saturated rings. The molecule has 1 unspecified atom stereocenters. The van der Waals surface area contributed by atoms with Gasteiger partial charge in [-0.05, 0) is 13.8 Å². The Morgan fingerprint density at radius 3 is 2.87 bits per heavy atom. The quantitative estimate of drug-likeness (QED) is 0.686. The smallest absolute Gasteiger partial charge is 0.320 e. The van der Waals surface area contributed by atoms with Gasteiger partial charge in [-0.2, -0.15) is 0 Å². The molecule has 88 valence electrons. The summed E-state index contributed by atoms with van der Waals surface area (Å²) in [5, 5.41) is 8.69. The van der Waals surface area contributed by atoms with Gasteiger partial charge in [-0.3, -0.25) is 9.69 Å². The molecule has 0 aromatic carbocycles. The summed E-state index contributed by atoms with van der Waals surface area (Å²) in [5.74, 6) is -0.958. The molecule has 0 amide bonds. The van der Waals surface area contributed by atoms with E-state index in [0.717, 1.165) is 13.1 Å². The number of carboxylic acid groups (broad SMARTS) is 1. The first kappa shape index (κ1) is 12.4. The zero-order chi connectivity index (χ0) is 11.4. The van der Waals surface area contributed by atoms with Gasteiger partial charge in [0.05, 0.1) is 12.7 Å². The van der Waals surface area contributed by atoms with Crippen molar-refractivity contribution in [2.45, 2.75) is 38.5 Å². The zero-order valence-corrected chi connectivity index (χ0v) is 9.35. The van der Waals surface area contributed by atoms with Crippen molar-refractivity contribution in [2.75, 3.05) is 19.7 Å². The van der Waals surface area contributed by atoms with E-state index in [-0.39, 0.29) is 6.10 Å². The number of morpholine rings is 1. The minimum atomic E-state index is -0.958. The van der Waals surface area contributed by atoms with Gasteiger partial charge in [0.25, 0.3) is 0 Å². The highest BCUT2D eigenvalue weighted by Crippen LogP contribution is 2.12. The van der Waals surface area contributed by atoms with Crippen molar-refractivity contribution >= 4 is 5.97 Å². The lowest BCUT2D eigenvalue weighted by Crippen LogP contribution is -2.48. The Morgan fingerprint density at radius 2 is 2.33 bits per heavy atom. The van der Waals surface area contributed by atoms with Crippen molar-refractivity contribution < 1.29 is 14.6 Å². The predicted octanol–water partition coefficient (Wildman–Crippen LogP) is -0.102. The normalized spacial score (nSPS) is 25.5. The third-order valence-corrected chi connectivity index (χ3v) is 2.73. The zero-order valence-electron chi connectivity index (χ0n) is 9.35. The lowest BCUT2D eigenvalue weighted by Gasteiger charge is -2.36. The third kappa shape index (κ3) is 3.77. The Labute approximate surface area is 90.2 Å². The lowest BCUT2D eigenvalue weighted by molar-refractivity contribution is -0.140. The van der Waals surface area contributed by atoms with Gasteiger partial charge in [-0.25, -0.2) is 0 Å². The monoisotopic (exact) mass is 216 g/mol. The topological polar surface area (TPSA) is 75.8 Å². The molecule has 0 saturated carbocycles. The van der Waals surface area contributed by atoms with Gasteiger partial charge in [0, 0.05) is 25.6 Å². The molecule has 15 heavy (non-hydrogen) atoms. The number of nitrogens with zero attached hydrogens (tertiary/aromatic N) is 1. The van der Waals surface area contributed by atoms with Crippen LogP contribution in [-0.4, -0.2) is 53.9 Å².